The van der Waals surface area contributed by atoms with E-state index in [4.69, 9.17) is 0 Å². The van der Waals surface area contributed by atoms with E-state index < -0.39 is 11.6 Å². The summed E-state index contributed by atoms with van der Waals surface area (Å²) >= 11 is 0. The van der Waals surface area contributed by atoms with Gasteiger partial charge in [-0.2, -0.15) is 0 Å². The summed E-state index contributed by atoms with van der Waals surface area (Å²) < 4.78 is 43.8. The molecule has 2 aliphatic carbocycles. The van der Waals surface area contributed by atoms with Crippen LogP contribution in [0.15, 0.2) is 36.4 Å². The minimum absolute atomic E-state index is 0.0701. The van der Waals surface area contributed by atoms with Gasteiger partial charge in [-0.1, -0.05) is 55.7 Å². The van der Waals surface area contributed by atoms with E-state index in [2.05, 4.69) is 6.08 Å². The number of hydrogen-bond donors (Lipinski definition) is 0. The minimum Gasteiger partial charge on any atom is -0.206 e. The molecule has 0 radical (unpaired) electrons. The molecule has 30 heavy (non-hydrogen) atoms. The summed E-state index contributed by atoms with van der Waals surface area (Å²) in [5.74, 6) is -0.840. The molecule has 2 aromatic rings. The van der Waals surface area contributed by atoms with Crippen LogP contribution in [0.4, 0.5) is 13.2 Å². The van der Waals surface area contributed by atoms with Gasteiger partial charge in [0.25, 0.3) is 0 Å². The van der Waals surface area contributed by atoms with Gasteiger partial charge in [-0.25, -0.2) is 13.2 Å². The van der Waals surface area contributed by atoms with Crippen molar-refractivity contribution in [3.05, 3.63) is 76.1 Å². The molecule has 0 spiro atoms. The first-order chi connectivity index (χ1) is 14.5. The number of allylic oxidation sites excluding steroid dienone is 1. The summed E-state index contributed by atoms with van der Waals surface area (Å²) in [7, 11) is 0. The summed E-state index contributed by atoms with van der Waals surface area (Å²) in [4.78, 5) is 0. The normalized spacial score (nSPS) is 23.2. The largest absolute Gasteiger partial charge is 0.206 e. The van der Waals surface area contributed by atoms with E-state index in [-0.39, 0.29) is 17.7 Å². The Morgan fingerprint density at radius 3 is 1.93 bits per heavy atom. The van der Waals surface area contributed by atoms with Gasteiger partial charge in [-0.15, -0.1) is 0 Å². The molecule has 160 valence electrons. The fraction of sp³-hybridized carbons (Fsp3) is 0.481. The van der Waals surface area contributed by atoms with E-state index in [9.17, 15) is 13.2 Å². The molecule has 2 fully saturated rings. The Morgan fingerprint density at radius 1 is 0.733 bits per heavy atom. The van der Waals surface area contributed by atoms with Gasteiger partial charge in [-0.05, 0) is 86.0 Å². The van der Waals surface area contributed by atoms with E-state index in [1.807, 2.05) is 31.2 Å². The van der Waals surface area contributed by atoms with Gasteiger partial charge in [-0.3, -0.25) is 0 Å². The van der Waals surface area contributed by atoms with Gasteiger partial charge < -0.3 is 0 Å². The molecule has 0 unspecified atom stereocenters. The minimum atomic E-state index is -0.626. The van der Waals surface area contributed by atoms with E-state index in [1.54, 1.807) is 12.1 Å². The molecular formula is C27H31F3. The summed E-state index contributed by atoms with van der Waals surface area (Å²) in [5, 5.41) is 0. The molecule has 4 rings (SSSR count). The molecule has 0 aliphatic heterocycles. The highest BCUT2D eigenvalue weighted by Gasteiger charge is 2.27. The van der Waals surface area contributed by atoms with Crippen molar-refractivity contribution < 1.29 is 13.2 Å². The molecular weight excluding hydrogens is 381 g/mol. The summed E-state index contributed by atoms with van der Waals surface area (Å²) in [6.07, 6.45) is 12.8. The van der Waals surface area contributed by atoms with E-state index in [0.717, 1.165) is 56.9 Å². The van der Waals surface area contributed by atoms with Crippen molar-refractivity contribution in [2.45, 2.75) is 76.5 Å². The van der Waals surface area contributed by atoms with Crippen molar-refractivity contribution in [2.75, 3.05) is 0 Å². The number of aryl methyl sites for hydroxylation is 1. The zero-order valence-electron chi connectivity index (χ0n) is 17.8. The molecule has 0 saturated heterocycles. The van der Waals surface area contributed by atoms with E-state index >= 15 is 0 Å². The molecule has 0 N–H and O–H groups in total. The lowest BCUT2D eigenvalue weighted by atomic mass is 9.77. The van der Waals surface area contributed by atoms with Gasteiger partial charge in [0.1, 0.15) is 5.82 Å². The molecule has 0 heterocycles. The SMILES string of the molecule is Cc1ccc(/C=C/C2CCC(c3ccc(C4CCCCC4)c(F)c3F)CC2)c(F)c1. The quantitative estimate of drug-likeness (QED) is 0.472. The molecule has 0 atom stereocenters. The van der Waals surface area contributed by atoms with Crippen LogP contribution in [0.25, 0.3) is 6.08 Å². The Morgan fingerprint density at radius 2 is 1.33 bits per heavy atom. The molecule has 0 bridgehead atoms. The van der Waals surface area contributed by atoms with Crippen molar-refractivity contribution in [3.8, 4) is 0 Å². The maximum Gasteiger partial charge on any atom is 0.162 e. The number of halogens is 3. The lowest BCUT2D eigenvalue weighted by molar-refractivity contribution is 0.361. The third-order valence-corrected chi connectivity index (χ3v) is 7.10. The van der Waals surface area contributed by atoms with E-state index in [1.165, 1.54) is 6.42 Å². The van der Waals surface area contributed by atoms with E-state index in [0.29, 0.717) is 22.6 Å². The average Bonchev–Trinajstić information content (AvgIpc) is 2.76. The van der Waals surface area contributed by atoms with Crippen molar-refractivity contribution in [1.82, 2.24) is 0 Å². The summed E-state index contributed by atoms with van der Waals surface area (Å²) in [5.41, 5.74) is 2.63. The Kier molecular flexibility index (Phi) is 6.65. The fourth-order valence-electron chi connectivity index (χ4n) is 5.25. The van der Waals surface area contributed by atoms with Crippen LogP contribution in [-0.4, -0.2) is 0 Å². The van der Waals surface area contributed by atoms with Crippen molar-refractivity contribution in [2.24, 2.45) is 5.92 Å². The zero-order chi connectivity index (χ0) is 21.1. The standard InChI is InChI=1S/C27H31F3/c1-18-7-11-22(25(28)17-18)14-10-19-8-12-21(13-9-19)24-16-15-23(26(29)27(24)30)20-5-3-2-4-6-20/h7,10-11,14-17,19-21H,2-6,8-9,12-13H2,1H3/b14-10+. The smallest absolute Gasteiger partial charge is 0.162 e. The van der Waals surface area contributed by atoms with Crippen LogP contribution < -0.4 is 0 Å². The van der Waals surface area contributed by atoms with Crippen molar-refractivity contribution in [3.63, 3.8) is 0 Å². The highest BCUT2D eigenvalue weighted by molar-refractivity contribution is 5.51. The average molecular weight is 413 g/mol. The van der Waals surface area contributed by atoms with Crippen molar-refractivity contribution >= 4 is 6.08 Å². The predicted molar refractivity (Wildman–Crippen MR) is 117 cm³/mol. The van der Waals surface area contributed by atoms with Crippen LogP contribution in [0.5, 0.6) is 0 Å². The molecule has 2 aliphatic rings. The number of benzene rings is 2. The second-order valence-corrected chi connectivity index (χ2v) is 9.20. The topological polar surface area (TPSA) is 0 Å². The molecule has 0 aromatic heterocycles. The van der Waals surface area contributed by atoms with Gasteiger partial charge in [0, 0.05) is 5.56 Å². The second-order valence-electron chi connectivity index (χ2n) is 9.20. The molecule has 2 saturated carbocycles. The summed E-state index contributed by atoms with van der Waals surface area (Å²) in [6, 6.07) is 8.94. The first-order valence-electron chi connectivity index (χ1n) is 11.4. The maximum absolute atomic E-state index is 14.9. The molecule has 0 amide bonds. The Balaban J connectivity index is 1.40. The van der Waals surface area contributed by atoms with Crippen LogP contribution in [0, 0.1) is 30.3 Å². The third kappa shape index (κ3) is 4.66. The Bertz CT molecular complexity index is 901. The first kappa shape index (κ1) is 21.2. The van der Waals surface area contributed by atoms with Gasteiger partial charge in [0.05, 0.1) is 0 Å². The highest BCUT2D eigenvalue weighted by Crippen LogP contribution is 2.40. The lowest BCUT2D eigenvalue weighted by Gasteiger charge is -2.28. The van der Waals surface area contributed by atoms with Gasteiger partial charge in [0.2, 0.25) is 0 Å². The Labute approximate surface area is 178 Å². The monoisotopic (exact) mass is 412 g/mol. The first-order valence-corrected chi connectivity index (χ1v) is 11.4. The predicted octanol–water partition coefficient (Wildman–Crippen LogP) is 8.45. The zero-order valence-corrected chi connectivity index (χ0v) is 17.8. The van der Waals surface area contributed by atoms with Crippen LogP contribution in [0.1, 0.15) is 91.9 Å². The third-order valence-electron chi connectivity index (χ3n) is 7.10. The summed E-state index contributed by atoms with van der Waals surface area (Å²) in [6.45, 7) is 1.88. The molecule has 2 aromatic carbocycles. The van der Waals surface area contributed by atoms with Crippen LogP contribution in [0.3, 0.4) is 0 Å². The second kappa shape index (κ2) is 9.41. The lowest BCUT2D eigenvalue weighted by Crippen LogP contribution is -2.15. The van der Waals surface area contributed by atoms with Crippen LogP contribution in [0.2, 0.25) is 0 Å². The molecule has 0 nitrogen and oxygen atoms in total. The Hall–Kier alpha value is -2.03. The highest BCUT2D eigenvalue weighted by atomic mass is 19.2. The fourth-order valence-corrected chi connectivity index (χ4v) is 5.25. The van der Waals surface area contributed by atoms with Crippen LogP contribution in [-0.2, 0) is 0 Å². The van der Waals surface area contributed by atoms with Crippen LogP contribution >= 0.6 is 0 Å². The number of rotatable bonds is 4. The van der Waals surface area contributed by atoms with Crippen molar-refractivity contribution in [1.29, 1.82) is 0 Å². The number of hydrogen-bond acceptors (Lipinski definition) is 0. The van der Waals surface area contributed by atoms with Gasteiger partial charge >= 0.3 is 0 Å². The maximum atomic E-state index is 14.9. The van der Waals surface area contributed by atoms with Gasteiger partial charge in [0.15, 0.2) is 11.6 Å². The molecule has 3 heteroatoms.